The van der Waals surface area contributed by atoms with Crippen LogP contribution in [0.3, 0.4) is 0 Å². The van der Waals surface area contributed by atoms with E-state index in [4.69, 9.17) is 0 Å². The molecule has 0 aliphatic heterocycles. The van der Waals surface area contributed by atoms with Crippen molar-refractivity contribution in [2.75, 3.05) is 0 Å². The summed E-state index contributed by atoms with van der Waals surface area (Å²) in [6, 6.07) is 2.57. The van der Waals surface area contributed by atoms with Crippen LogP contribution in [0.25, 0.3) is 0 Å². The second-order valence-electron chi connectivity index (χ2n) is 3.17. The molecule has 2 rings (SSSR count). The van der Waals surface area contributed by atoms with E-state index in [1.54, 1.807) is 0 Å². The lowest BCUT2D eigenvalue weighted by molar-refractivity contribution is 0.0967. The highest BCUT2D eigenvalue weighted by atomic mass is 19.2. The van der Waals surface area contributed by atoms with Crippen molar-refractivity contribution >= 4 is 5.78 Å². The van der Waals surface area contributed by atoms with Crippen molar-refractivity contribution in [3.8, 4) is 0 Å². The van der Waals surface area contributed by atoms with Gasteiger partial charge in [-0.2, -0.15) is 0 Å². The normalized spacial score (nSPS) is 15.7. The van der Waals surface area contributed by atoms with E-state index in [1.165, 1.54) is 6.07 Å². The van der Waals surface area contributed by atoms with Gasteiger partial charge in [0.1, 0.15) is 0 Å². The summed E-state index contributed by atoms with van der Waals surface area (Å²) >= 11 is 0. The molecule has 1 aromatic rings. The van der Waals surface area contributed by atoms with Crippen LogP contribution in [0.5, 0.6) is 0 Å². The van der Waals surface area contributed by atoms with Gasteiger partial charge in [-0.05, 0) is 24.5 Å². The van der Waals surface area contributed by atoms with Gasteiger partial charge in [0.25, 0.3) is 0 Å². The highest BCUT2D eigenvalue weighted by Gasteiger charge is 2.23. The van der Waals surface area contributed by atoms with E-state index in [1.807, 2.05) is 0 Å². The summed E-state index contributed by atoms with van der Waals surface area (Å²) in [4.78, 5) is 11.3. The number of fused-ring (bicyclic) bond motifs is 1. The van der Waals surface area contributed by atoms with Gasteiger partial charge >= 0.3 is 0 Å². The van der Waals surface area contributed by atoms with E-state index < -0.39 is 11.6 Å². The van der Waals surface area contributed by atoms with Crippen LogP contribution in [0.4, 0.5) is 8.78 Å². The lowest BCUT2D eigenvalue weighted by atomic mass is 9.90. The molecule has 0 aromatic heterocycles. The minimum atomic E-state index is -0.984. The monoisotopic (exact) mass is 182 g/mol. The third-order valence-electron chi connectivity index (χ3n) is 2.31. The topological polar surface area (TPSA) is 17.1 Å². The summed E-state index contributed by atoms with van der Waals surface area (Å²) in [5.41, 5.74) is 0.599. The molecule has 1 aromatic carbocycles. The maximum absolute atomic E-state index is 13.1. The first-order valence-electron chi connectivity index (χ1n) is 4.20. The molecule has 0 atom stereocenters. The standard InChI is InChI=1S/C10H8F2O/c11-7-5-4-6-2-1-3-8(13)9(6)10(7)12/h4-5H,1-3H2. The maximum atomic E-state index is 13.1. The molecule has 68 valence electrons. The van der Waals surface area contributed by atoms with Crippen molar-refractivity contribution in [1.82, 2.24) is 0 Å². The van der Waals surface area contributed by atoms with Crippen LogP contribution < -0.4 is 0 Å². The number of aryl methyl sites for hydroxylation is 1. The molecule has 0 heterocycles. The van der Waals surface area contributed by atoms with Crippen molar-refractivity contribution < 1.29 is 13.6 Å². The van der Waals surface area contributed by atoms with Crippen LogP contribution in [-0.2, 0) is 6.42 Å². The smallest absolute Gasteiger partial charge is 0.169 e. The number of benzene rings is 1. The number of hydrogen-bond donors (Lipinski definition) is 0. The lowest BCUT2D eigenvalue weighted by Gasteiger charge is -2.14. The number of hydrogen-bond acceptors (Lipinski definition) is 1. The summed E-state index contributed by atoms with van der Waals surface area (Å²) in [7, 11) is 0. The van der Waals surface area contributed by atoms with Gasteiger partial charge in [0, 0.05) is 6.42 Å². The molecule has 0 spiro atoms. The molecule has 1 aliphatic rings. The van der Waals surface area contributed by atoms with E-state index >= 15 is 0 Å². The van der Waals surface area contributed by atoms with Crippen LogP contribution in [0.2, 0.25) is 0 Å². The number of carbonyl (C=O) groups is 1. The van der Waals surface area contributed by atoms with Crippen LogP contribution in [0.15, 0.2) is 12.1 Å². The minimum Gasteiger partial charge on any atom is -0.294 e. The zero-order chi connectivity index (χ0) is 9.42. The lowest BCUT2D eigenvalue weighted by Crippen LogP contribution is -2.14. The Kier molecular flexibility index (Phi) is 1.87. The Morgan fingerprint density at radius 1 is 1.15 bits per heavy atom. The number of carbonyl (C=O) groups excluding carboxylic acids is 1. The summed E-state index contributed by atoms with van der Waals surface area (Å²) in [6.07, 6.45) is 1.72. The second-order valence-corrected chi connectivity index (χ2v) is 3.17. The molecule has 0 fully saturated rings. The van der Waals surface area contributed by atoms with Gasteiger partial charge in [-0.1, -0.05) is 6.07 Å². The molecule has 1 nitrogen and oxygen atoms in total. The summed E-state index contributed by atoms with van der Waals surface area (Å²) < 4.78 is 25.9. The van der Waals surface area contributed by atoms with Gasteiger partial charge in [0.05, 0.1) is 5.56 Å². The first kappa shape index (κ1) is 8.35. The van der Waals surface area contributed by atoms with Gasteiger partial charge in [0.15, 0.2) is 17.4 Å². The van der Waals surface area contributed by atoms with Crippen LogP contribution in [0.1, 0.15) is 28.8 Å². The Morgan fingerprint density at radius 3 is 2.69 bits per heavy atom. The molecule has 0 saturated heterocycles. The molecule has 1 aliphatic carbocycles. The molecule has 0 saturated carbocycles. The third kappa shape index (κ3) is 1.24. The number of Topliss-reactive ketones (excluding diaryl/α,β-unsaturated/α-hetero) is 1. The van der Waals surface area contributed by atoms with E-state index in [2.05, 4.69) is 0 Å². The van der Waals surface area contributed by atoms with E-state index in [0.29, 0.717) is 18.4 Å². The van der Waals surface area contributed by atoms with E-state index in [9.17, 15) is 13.6 Å². The zero-order valence-electron chi connectivity index (χ0n) is 6.94. The van der Waals surface area contributed by atoms with Gasteiger partial charge < -0.3 is 0 Å². The second kappa shape index (κ2) is 2.91. The number of halogens is 2. The quantitative estimate of drug-likeness (QED) is 0.602. The fourth-order valence-electron chi connectivity index (χ4n) is 1.66. The average molecular weight is 182 g/mol. The predicted octanol–water partition coefficient (Wildman–Crippen LogP) is 2.48. The first-order chi connectivity index (χ1) is 6.20. The molecule has 0 radical (unpaired) electrons. The zero-order valence-corrected chi connectivity index (χ0v) is 6.94. The van der Waals surface area contributed by atoms with Crippen molar-refractivity contribution in [2.24, 2.45) is 0 Å². The van der Waals surface area contributed by atoms with Gasteiger partial charge in [-0.15, -0.1) is 0 Å². The summed E-state index contributed by atoms with van der Waals surface area (Å²) in [6.45, 7) is 0. The SMILES string of the molecule is O=C1CCCc2ccc(F)c(F)c21. The van der Waals surface area contributed by atoms with Crippen molar-refractivity contribution in [3.05, 3.63) is 34.9 Å². The molecule has 0 amide bonds. The molecule has 13 heavy (non-hydrogen) atoms. The van der Waals surface area contributed by atoms with Crippen LogP contribution in [0, 0.1) is 11.6 Å². The molecule has 3 heteroatoms. The highest BCUT2D eigenvalue weighted by molar-refractivity contribution is 5.98. The van der Waals surface area contributed by atoms with E-state index in [-0.39, 0.29) is 11.3 Å². The van der Waals surface area contributed by atoms with Crippen LogP contribution >= 0.6 is 0 Å². The Morgan fingerprint density at radius 2 is 1.92 bits per heavy atom. The van der Waals surface area contributed by atoms with Crippen molar-refractivity contribution in [2.45, 2.75) is 19.3 Å². The molecular weight excluding hydrogens is 174 g/mol. The van der Waals surface area contributed by atoms with Crippen molar-refractivity contribution in [3.63, 3.8) is 0 Å². The molecule has 0 unspecified atom stereocenters. The average Bonchev–Trinajstić information content (AvgIpc) is 2.12. The Labute approximate surface area is 74.4 Å². The molecule has 0 N–H and O–H groups in total. The van der Waals surface area contributed by atoms with Crippen molar-refractivity contribution in [1.29, 1.82) is 0 Å². The molecular formula is C10H8F2O. The minimum absolute atomic E-state index is 0.0359. The summed E-state index contributed by atoms with van der Waals surface area (Å²) in [5.74, 6) is -2.20. The highest BCUT2D eigenvalue weighted by Crippen LogP contribution is 2.24. The van der Waals surface area contributed by atoms with Gasteiger partial charge in [-0.25, -0.2) is 8.78 Å². The van der Waals surface area contributed by atoms with Gasteiger partial charge in [0.2, 0.25) is 0 Å². The number of ketones is 1. The fourth-order valence-corrected chi connectivity index (χ4v) is 1.66. The van der Waals surface area contributed by atoms with Gasteiger partial charge in [-0.3, -0.25) is 4.79 Å². The largest absolute Gasteiger partial charge is 0.294 e. The number of rotatable bonds is 0. The predicted molar refractivity (Wildman–Crippen MR) is 43.6 cm³/mol. The first-order valence-corrected chi connectivity index (χ1v) is 4.20. The van der Waals surface area contributed by atoms with E-state index in [0.717, 1.165) is 12.5 Å². The third-order valence-corrected chi connectivity index (χ3v) is 2.31. The maximum Gasteiger partial charge on any atom is 0.169 e. The van der Waals surface area contributed by atoms with Crippen LogP contribution in [-0.4, -0.2) is 5.78 Å². The summed E-state index contributed by atoms with van der Waals surface area (Å²) in [5, 5.41) is 0. The Hall–Kier alpha value is -1.25. The molecule has 0 bridgehead atoms. The Bertz CT molecular complexity index is 371. The Balaban J connectivity index is 2.65. The fraction of sp³-hybridized carbons (Fsp3) is 0.300.